The second-order valence-corrected chi connectivity index (χ2v) is 6.05. The van der Waals surface area contributed by atoms with Gasteiger partial charge in [0.1, 0.15) is 0 Å². The maximum Gasteiger partial charge on any atom is 0.285 e. The summed E-state index contributed by atoms with van der Waals surface area (Å²) in [6, 6.07) is 0. The molecule has 0 rings (SSSR count). The molecule has 0 saturated heterocycles. The molecular formula is C20H41NO4. The Morgan fingerprint density at radius 1 is 0.760 bits per heavy atom. The first-order chi connectivity index (χ1) is 12.1. The topological polar surface area (TPSA) is 68.6 Å². The van der Waals surface area contributed by atoms with Crippen LogP contribution in [-0.4, -0.2) is 31.9 Å². The van der Waals surface area contributed by atoms with E-state index in [-0.39, 0.29) is 0 Å². The number of carbonyl (C=O) groups excluding carboxylic acids is 1. The summed E-state index contributed by atoms with van der Waals surface area (Å²) in [6.07, 6.45) is 12.0. The van der Waals surface area contributed by atoms with Crippen molar-refractivity contribution < 1.29 is 19.0 Å². The first-order valence-corrected chi connectivity index (χ1v) is 10.1. The van der Waals surface area contributed by atoms with Gasteiger partial charge in [-0.2, -0.15) is 0 Å². The van der Waals surface area contributed by atoms with Crippen LogP contribution in [0.5, 0.6) is 0 Å². The van der Waals surface area contributed by atoms with E-state index in [0.29, 0.717) is 25.7 Å². The molecule has 5 nitrogen and oxygen atoms in total. The molecule has 25 heavy (non-hydrogen) atoms. The molecular weight excluding hydrogens is 318 g/mol. The van der Waals surface area contributed by atoms with Gasteiger partial charge in [0.2, 0.25) is 6.08 Å². The summed E-state index contributed by atoms with van der Waals surface area (Å²) in [5.74, 6) is -0.513. The largest absolute Gasteiger partial charge is 0.328 e. The van der Waals surface area contributed by atoms with Crippen LogP contribution in [0.1, 0.15) is 92.4 Å². The van der Waals surface area contributed by atoms with Gasteiger partial charge in [-0.3, -0.25) is 0 Å². The lowest BCUT2D eigenvalue weighted by molar-refractivity contribution is -0.403. The van der Waals surface area contributed by atoms with Crippen molar-refractivity contribution in [1.82, 2.24) is 0 Å². The first-order valence-electron chi connectivity index (χ1n) is 10.1. The van der Waals surface area contributed by atoms with E-state index in [1.807, 2.05) is 20.8 Å². The molecule has 0 aliphatic heterocycles. The highest BCUT2D eigenvalue weighted by Crippen LogP contribution is 2.33. The van der Waals surface area contributed by atoms with E-state index in [4.69, 9.17) is 24.4 Å². The summed E-state index contributed by atoms with van der Waals surface area (Å²) in [7, 11) is 0. The van der Waals surface area contributed by atoms with Crippen molar-refractivity contribution >= 4 is 6.08 Å². The van der Waals surface area contributed by atoms with E-state index in [9.17, 15) is 0 Å². The molecule has 1 N–H and O–H groups in total. The zero-order valence-electron chi connectivity index (χ0n) is 17.2. The van der Waals surface area contributed by atoms with Crippen LogP contribution in [0.15, 0.2) is 0 Å². The molecule has 0 aliphatic carbocycles. The average molecular weight is 360 g/mol. The summed E-state index contributed by atoms with van der Waals surface area (Å²) in [4.78, 5) is 8.35. The van der Waals surface area contributed by atoms with E-state index >= 15 is 0 Å². The highest BCUT2D eigenvalue weighted by molar-refractivity contribution is 5.26. The van der Waals surface area contributed by atoms with Gasteiger partial charge >= 0.3 is 0 Å². The number of ether oxygens (including phenoxy) is 3. The van der Waals surface area contributed by atoms with Gasteiger partial charge in [0, 0.05) is 25.7 Å². The molecule has 1 unspecified atom stereocenters. The zero-order valence-corrected chi connectivity index (χ0v) is 17.2. The van der Waals surface area contributed by atoms with E-state index in [0.717, 1.165) is 25.3 Å². The molecule has 0 aliphatic rings. The molecule has 0 amide bonds. The zero-order chi connectivity index (χ0) is 19.4. The lowest BCUT2D eigenvalue weighted by Gasteiger charge is -2.39. The van der Waals surface area contributed by atoms with Crippen molar-refractivity contribution in [2.75, 3.05) is 19.8 Å². The van der Waals surface area contributed by atoms with Crippen LogP contribution in [-0.2, 0) is 19.0 Å². The minimum atomic E-state index is -0.836. The Morgan fingerprint density at radius 2 is 1.20 bits per heavy atom. The highest BCUT2D eigenvalue weighted by atomic mass is 16.9. The predicted octanol–water partition coefficient (Wildman–Crippen LogP) is 5.82. The van der Waals surface area contributed by atoms with Gasteiger partial charge in [-0.05, 0) is 33.6 Å². The molecule has 5 heteroatoms. The van der Waals surface area contributed by atoms with Crippen molar-refractivity contribution in [2.45, 2.75) is 98.4 Å². The SMILES string of the molecule is CCCCCCCCC(CCC)C(OCC)(OCC)OCC.N=C=O. The number of hydrogen-bond acceptors (Lipinski definition) is 5. The lowest BCUT2D eigenvalue weighted by atomic mass is 9.93. The van der Waals surface area contributed by atoms with Crippen LogP contribution in [0, 0.1) is 11.3 Å². The van der Waals surface area contributed by atoms with Gasteiger partial charge in [0.25, 0.3) is 5.97 Å². The van der Waals surface area contributed by atoms with E-state index in [2.05, 4.69) is 13.8 Å². The number of nitrogens with one attached hydrogen (secondary N) is 1. The summed E-state index contributed by atoms with van der Waals surface area (Å²) in [5, 5.41) is 5.40. The number of hydrogen-bond donors (Lipinski definition) is 1. The van der Waals surface area contributed by atoms with Crippen LogP contribution >= 0.6 is 0 Å². The maximum absolute atomic E-state index is 8.35. The third kappa shape index (κ3) is 13.2. The van der Waals surface area contributed by atoms with Crippen LogP contribution in [0.3, 0.4) is 0 Å². The van der Waals surface area contributed by atoms with Crippen molar-refractivity contribution in [3.63, 3.8) is 0 Å². The molecule has 150 valence electrons. The van der Waals surface area contributed by atoms with Gasteiger partial charge in [-0.25, -0.2) is 10.2 Å². The summed E-state index contributed by atoms with van der Waals surface area (Å²) in [5.41, 5.74) is 0. The van der Waals surface area contributed by atoms with E-state index in [1.165, 1.54) is 38.5 Å². The molecule has 0 radical (unpaired) electrons. The van der Waals surface area contributed by atoms with Gasteiger partial charge in [0.15, 0.2) is 0 Å². The van der Waals surface area contributed by atoms with Gasteiger partial charge in [0.05, 0.1) is 0 Å². The van der Waals surface area contributed by atoms with E-state index < -0.39 is 5.97 Å². The highest BCUT2D eigenvalue weighted by Gasteiger charge is 2.41. The summed E-state index contributed by atoms with van der Waals surface area (Å²) >= 11 is 0. The Hall–Kier alpha value is -0.740. The van der Waals surface area contributed by atoms with Crippen LogP contribution < -0.4 is 0 Å². The van der Waals surface area contributed by atoms with Crippen LogP contribution in [0.2, 0.25) is 0 Å². The Kier molecular flexibility index (Phi) is 20.7. The second kappa shape index (κ2) is 19.6. The Bertz CT molecular complexity index is 287. The van der Waals surface area contributed by atoms with Crippen LogP contribution in [0.25, 0.3) is 0 Å². The number of unbranched alkanes of at least 4 members (excludes halogenated alkanes) is 5. The van der Waals surface area contributed by atoms with Crippen molar-refractivity contribution in [3.8, 4) is 0 Å². The molecule has 0 heterocycles. The second-order valence-electron chi connectivity index (χ2n) is 6.05. The van der Waals surface area contributed by atoms with Crippen molar-refractivity contribution in [3.05, 3.63) is 0 Å². The predicted molar refractivity (Wildman–Crippen MR) is 102 cm³/mol. The normalized spacial score (nSPS) is 12.2. The van der Waals surface area contributed by atoms with E-state index in [1.54, 1.807) is 0 Å². The molecule has 0 spiro atoms. The smallest absolute Gasteiger partial charge is 0.285 e. The Labute approximate surface area is 155 Å². The average Bonchev–Trinajstić information content (AvgIpc) is 2.58. The lowest BCUT2D eigenvalue weighted by Crippen LogP contribution is -2.46. The standard InChI is InChI=1S/C19H40O3.CHNO/c1-6-11-12-13-14-15-17-18(16-7-2)19(20-8-3,21-9-4)22-10-5;2-1-3/h18H,6-17H2,1-5H3;2H. The first kappa shape index (κ1) is 26.5. The molecule has 1 atom stereocenters. The van der Waals surface area contributed by atoms with Gasteiger partial charge < -0.3 is 14.2 Å². The third-order valence-corrected chi connectivity index (χ3v) is 4.08. The molecule has 0 bridgehead atoms. The molecule has 0 fully saturated rings. The van der Waals surface area contributed by atoms with Gasteiger partial charge in [-0.15, -0.1) is 0 Å². The monoisotopic (exact) mass is 359 g/mol. The van der Waals surface area contributed by atoms with Gasteiger partial charge in [-0.1, -0.05) is 58.8 Å². The Morgan fingerprint density at radius 3 is 1.60 bits per heavy atom. The molecule has 0 aromatic heterocycles. The fourth-order valence-corrected chi connectivity index (χ4v) is 3.10. The minimum Gasteiger partial charge on any atom is -0.328 e. The number of rotatable bonds is 16. The minimum absolute atomic E-state index is 0.323. The number of isocyanates is 1. The molecule has 0 saturated carbocycles. The summed E-state index contributed by atoms with van der Waals surface area (Å²) in [6.45, 7) is 12.4. The maximum atomic E-state index is 8.35. The molecule has 0 aromatic carbocycles. The van der Waals surface area contributed by atoms with Crippen molar-refractivity contribution in [1.29, 1.82) is 5.41 Å². The van der Waals surface area contributed by atoms with Crippen molar-refractivity contribution in [2.24, 2.45) is 5.92 Å². The quantitative estimate of drug-likeness (QED) is 0.163. The molecule has 0 aromatic rings. The van der Waals surface area contributed by atoms with Crippen LogP contribution in [0.4, 0.5) is 0 Å². The third-order valence-electron chi connectivity index (χ3n) is 4.08. The summed E-state index contributed by atoms with van der Waals surface area (Å²) < 4.78 is 17.9. The Balaban J connectivity index is 0. The fraction of sp³-hybridized carbons (Fsp3) is 0.950. The fourth-order valence-electron chi connectivity index (χ4n) is 3.10.